The molecule has 1 aliphatic rings. The number of nitrogens with one attached hydrogen (secondary N) is 2. The average molecular weight is 283 g/mol. The van der Waals surface area contributed by atoms with E-state index in [-0.39, 0.29) is 4.70 Å². The summed E-state index contributed by atoms with van der Waals surface area (Å²) in [7, 11) is 0. The Bertz CT molecular complexity index is 566. The zero-order chi connectivity index (χ0) is 13.3. The summed E-state index contributed by atoms with van der Waals surface area (Å²) in [4.78, 5) is 11.3. The second-order valence-corrected chi connectivity index (χ2v) is 5.21. The number of alkyl halides is 1. The lowest BCUT2D eigenvalue weighted by molar-refractivity contribution is -0.00337. The van der Waals surface area contributed by atoms with Crippen molar-refractivity contribution >= 4 is 16.9 Å². The van der Waals surface area contributed by atoms with Crippen LogP contribution in [0.5, 0.6) is 0 Å². The summed E-state index contributed by atoms with van der Waals surface area (Å²) in [5, 5.41) is 14.4. The van der Waals surface area contributed by atoms with Gasteiger partial charge in [0.05, 0.1) is 11.0 Å². The molecule has 0 unspecified atom stereocenters. The van der Waals surface area contributed by atoms with E-state index in [1.807, 2.05) is 6.07 Å². The summed E-state index contributed by atoms with van der Waals surface area (Å²) in [5.74, 6) is 0.696. The summed E-state index contributed by atoms with van der Waals surface area (Å²) < 4.78 is 13.1. The number of aromatic nitrogens is 3. The molecule has 0 atom stereocenters. The predicted octanol–water partition coefficient (Wildman–Crippen LogP) is -0.983. The maximum atomic E-state index is 13.1. The van der Waals surface area contributed by atoms with Gasteiger partial charge in [0.2, 0.25) is 0 Å². The van der Waals surface area contributed by atoms with Crippen LogP contribution in [0.3, 0.4) is 0 Å². The number of H-pyrrole nitrogens is 1. The summed E-state index contributed by atoms with van der Waals surface area (Å²) in [6.07, 6.45) is 4.35. The van der Waals surface area contributed by atoms with Gasteiger partial charge in [0.25, 0.3) is 0 Å². The summed E-state index contributed by atoms with van der Waals surface area (Å²) >= 11 is 0. The molecule has 5 nitrogen and oxygen atoms in total. The molecule has 110 valence electrons. The van der Waals surface area contributed by atoms with E-state index in [4.69, 9.17) is 0 Å². The van der Waals surface area contributed by atoms with Gasteiger partial charge in [0.15, 0.2) is 0 Å². The number of aliphatic hydroxyl groups is 1. The molecule has 0 bridgehead atoms. The number of anilines is 1. The molecule has 0 aliphatic heterocycles. The van der Waals surface area contributed by atoms with E-state index in [0.717, 1.165) is 11.0 Å². The Kier molecular flexibility index (Phi) is 4.17. The molecule has 1 saturated carbocycles. The van der Waals surface area contributed by atoms with E-state index in [1.165, 1.54) is 6.33 Å². The highest BCUT2D eigenvalue weighted by Gasteiger charge is 2.33. The Balaban J connectivity index is 0.00000147. The van der Waals surface area contributed by atoms with Crippen molar-refractivity contribution in [2.24, 2.45) is 0 Å². The zero-order valence-corrected chi connectivity index (χ0v) is 10.9. The topological polar surface area (TPSA) is 73.8 Å². The molecule has 20 heavy (non-hydrogen) atoms. The van der Waals surface area contributed by atoms with Crippen LogP contribution in [-0.2, 0) is 0 Å². The van der Waals surface area contributed by atoms with E-state index in [0.29, 0.717) is 38.0 Å². The zero-order valence-electron chi connectivity index (χ0n) is 10.9. The SMILES string of the molecule is OC1(CNc2ncnc3[nH]ccc23)CCC(F)CC1.[F-]. The highest BCUT2D eigenvalue weighted by Crippen LogP contribution is 2.30. The molecule has 0 radical (unpaired) electrons. The van der Waals surface area contributed by atoms with Crippen LogP contribution in [0.15, 0.2) is 18.6 Å². The first-order chi connectivity index (χ1) is 9.16. The van der Waals surface area contributed by atoms with Gasteiger partial charge in [-0.25, -0.2) is 14.4 Å². The fourth-order valence-corrected chi connectivity index (χ4v) is 2.56. The monoisotopic (exact) mass is 283 g/mol. The Morgan fingerprint density at radius 1 is 1.40 bits per heavy atom. The van der Waals surface area contributed by atoms with Gasteiger partial charge < -0.3 is 20.1 Å². The van der Waals surface area contributed by atoms with Crippen molar-refractivity contribution in [3.05, 3.63) is 18.6 Å². The lowest BCUT2D eigenvalue weighted by atomic mass is 9.84. The first-order valence-electron chi connectivity index (χ1n) is 6.55. The van der Waals surface area contributed by atoms with Crippen molar-refractivity contribution in [2.75, 3.05) is 11.9 Å². The van der Waals surface area contributed by atoms with Crippen molar-refractivity contribution in [1.29, 1.82) is 0 Å². The van der Waals surface area contributed by atoms with Gasteiger partial charge in [0.1, 0.15) is 24.0 Å². The molecule has 3 rings (SSSR count). The number of hydrogen-bond donors (Lipinski definition) is 3. The van der Waals surface area contributed by atoms with Crippen molar-refractivity contribution in [2.45, 2.75) is 37.5 Å². The standard InChI is InChI=1S/C13H17FN4O.FH/c14-9-1-4-13(19,5-2-9)7-16-12-10-3-6-15-11(10)17-8-18-12;/h3,6,8-9,19H,1-2,4-5,7H2,(H2,15,16,17,18);1H/p-1. The molecule has 2 aromatic heterocycles. The average Bonchev–Trinajstić information content (AvgIpc) is 2.89. The van der Waals surface area contributed by atoms with Crippen molar-refractivity contribution in [3.63, 3.8) is 0 Å². The fraction of sp³-hybridized carbons (Fsp3) is 0.538. The Morgan fingerprint density at radius 2 is 2.15 bits per heavy atom. The van der Waals surface area contributed by atoms with E-state index >= 15 is 0 Å². The minimum absolute atomic E-state index is 0. The lowest BCUT2D eigenvalue weighted by Crippen LogP contribution is -3.00. The number of aromatic amines is 1. The minimum atomic E-state index is -0.837. The molecule has 0 spiro atoms. The van der Waals surface area contributed by atoms with Crippen LogP contribution >= 0.6 is 0 Å². The highest BCUT2D eigenvalue weighted by molar-refractivity contribution is 5.86. The maximum absolute atomic E-state index is 13.1. The van der Waals surface area contributed by atoms with Crippen molar-refractivity contribution in [1.82, 2.24) is 15.0 Å². The number of rotatable bonds is 3. The molecular weight excluding hydrogens is 266 g/mol. The number of hydrogen-bond acceptors (Lipinski definition) is 4. The van der Waals surface area contributed by atoms with Gasteiger partial charge in [-0.1, -0.05) is 0 Å². The van der Waals surface area contributed by atoms with Gasteiger partial charge in [-0.15, -0.1) is 0 Å². The Labute approximate surface area is 115 Å². The Hall–Kier alpha value is -1.76. The smallest absolute Gasteiger partial charge is 0.142 e. The summed E-state index contributed by atoms with van der Waals surface area (Å²) in [6.45, 7) is 0.386. The molecule has 2 heterocycles. The van der Waals surface area contributed by atoms with Gasteiger partial charge in [-0.05, 0) is 31.7 Å². The molecule has 1 aliphatic carbocycles. The number of halogens is 2. The lowest BCUT2D eigenvalue weighted by Gasteiger charge is -2.33. The van der Waals surface area contributed by atoms with Gasteiger partial charge in [-0.3, -0.25) is 0 Å². The van der Waals surface area contributed by atoms with Crippen molar-refractivity contribution in [3.8, 4) is 0 Å². The molecule has 0 amide bonds. The molecule has 1 fully saturated rings. The van der Waals surface area contributed by atoms with E-state index in [1.54, 1.807) is 6.20 Å². The third-order valence-corrected chi connectivity index (χ3v) is 3.78. The largest absolute Gasteiger partial charge is 1.00 e. The predicted molar refractivity (Wildman–Crippen MR) is 70.7 cm³/mol. The van der Waals surface area contributed by atoms with Crippen LogP contribution in [0, 0.1) is 0 Å². The maximum Gasteiger partial charge on any atom is 0.142 e. The molecule has 0 saturated heterocycles. The van der Waals surface area contributed by atoms with Crippen LogP contribution in [-0.4, -0.2) is 38.4 Å². The van der Waals surface area contributed by atoms with Gasteiger partial charge in [0, 0.05) is 12.7 Å². The molecule has 2 aromatic rings. The van der Waals surface area contributed by atoms with Crippen LogP contribution < -0.4 is 10.0 Å². The third-order valence-electron chi connectivity index (χ3n) is 3.78. The molecule has 0 aromatic carbocycles. The highest BCUT2D eigenvalue weighted by atomic mass is 19.1. The normalized spacial score (nSPS) is 26.2. The molecule has 3 N–H and O–H groups in total. The van der Waals surface area contributed by atoms with E-state index < -0.39 is 11.8 Å². The second-order valence-electron chi connectivity index (χ2n) is 5.21. The van der Waals surface area contributed by atoms with E-state index in [9.17, 15) is 9.50 Å². The van der Waals surface area contributed by atoms with Crippen LogP contribution in [0.25, 0.3) is 11.0 Å². The van der Waals surface area contributed by atoms with Crippen LogP contribution in [0.4, 0.5) is 10.2 Å². The second kappa shape index (κ2) is 5.70. The van der Waals surface area contributed by atoms with Gasteiger partial charge in [-0.2, -0.15) is 0 Å². The summed E-state index contributed by atoms with van der Waals surface area (Å²) in [5.41, 5.74) is -0.0761. The molecule has 7 heteroatoms. The van der Waals surface area contributed by atoms with Crippen LogP contribution in [0.1, 0.15) is 25.7 Å². The Morgan fingerprint density at radius 3 is 2.90 bits per heavy atom. The summed E-state index contributed by atoms with van der Waals surface area (Å²) in [6, 6.07) is 1.89. The quantitative estimate of drug-likeness (QED) is 0.677. The first kappa shape index (κ1) is 14.6. The van der Waals surface area contributed by atoms with E-state index in [2.05, 4.69) is 20.3 Å². The third kappa shape index (κ3) is 2.87. The van der Waals surface area contributed by atoms with Gasteiger partial charge >= 0.3 is 0 Å². The fourth-order valence-electron chi connectivity index (χ4n) is 2.56. The van der Waals surface area contributed by atoms with Crippen molar-refractivity contribution < 1.29 is 14.2 Å². The van der Waals surface area contributed by atoms with Crippen LogP contribution in [0.2, 0.25) is 0 Å². The minimum Gasteiger partial charge on any atom is -1.00 e. The number of fused-ring (bicyclic) bond motifs is 1. The number of nitrogens with zero attached hydrogens (tertiary/aromatic N) is 2. The first-order valence-corrected chi connectivity index (χ1v) is 6.55. The molecular formula is C13H17F2N4O-.